The molecule has 0 unspecified atom stereocenters. The van der Waals surface area contributed by atoms with Gasteiger partial charge in [-0.2, -0.15) is 0 Å². The quantitative estimate of drug-likeness (QED) is 0.237. The van der Waals surface area contributed by atoms with Crippen LogP contribution in [0.5, 0.6) is 0 Å². The monoisotopic (exact) mass is 679 g/mol. The van der Waals surface area contributed by atoms with Crippen molar-refractivity contribution in [2.45, 2.75) is 127 Å². The van der Waals surface area contributed by atoms with Gasteiger partial charge in [-0.25, -0.2) is 0 Å². The van der Waals surface area contributed by atoms with E-state index in [4.69, 9.17) is 19.4 Å². The Bertz CT molecular complexity index is 727. The molecule has 3 aliphatic carbocycles. The Balaban J connectivity index is 0.000000219. The minimum atomic E-state index is -1.52. The van der Waals surface area contributed by atoms with E-state index in [1.54, 1.807) is 121 Å². The first-order chi connectivity index (χ1) is 19.1. The van der Waals surface area contributed by atoms with Crippen LogP contribution in [0.4, 0.5) is 0 Å². The van der Waals surface area contributed by atoms with Crippen LogP contribution in [-0.2, 0) is 13.5 Å². The largest absolute Gasteiger partial charge is 0.265 e. The number of halogens is 2. The van der Waals surface area contributed by atoms with Crippen LogP contribution in [0.15, 0.2) is 72.8 Å². The van der Waals surface area contributed by atoms with Crippen molar-refractivity contribution in [2.24, 2.45) is 0 Å². The molecule has 2 nitrogen and oxygen atoms in total. The maximum atomic E-state index is 5.53. The van der Waals surface area contributed by atoms with E-state index in [-0.39, 0.29) is 7.92 Å². The zero-order chi connectivity index (χ0) is 28.0. The van der Waals surface area contributed by atoms with Gasteiger partial charge in [0.25, 0.3) is 0 Å². The molecule has 3 fully saturated rings. The molecule has 2 heterocycles. The summed E-state index contributed by atoms with van der Waals surface area (Å²) in [5.41, 5.74) is 4.92. The number of rotatable bonds is 4. The first-order valence-electron chi connectivity index (χ1n) is 15.1. The van der Waals surface area contributed by atoms with Crippen LogP contribution in [0.3, 0.4) is 0 Å². The summed E-state index contributed by atoms with van der Waals surface area (Å²) < 4.78 is 1.88. The van der Waals surface area contributed by atoms with Gasteiger partial charge < -0.3 is 0 Å². The van der Waals surface area contributed by atoms with Crippen molar-refractivity contribution in [2.75, 3.05) is 0 Å². The summed E-state index contributed by atoms with van der Waals surface area (Å²) in [6.45, 7) is 4.03. The molecule has 0 aliphatic heterocycles. The molecule has 0 aromatic carbocycles. The first kappa shape index (κ1) is 34.7. The van der Waals surface area contributed by atoms with Gasteiger partial charge in [0.15, 0.2) is 0 Å². The third kappa shape index (κ3) is 17.2. The first-order valence-corrected chi connectivity index (χ1v) is 22.3. The van der Waals surface area contributed by atoms with Gasteiger partial charge in [0.1, 0.15) is 0 Å². The second kappa shape index (κ2) is 23.1. The maximum Gasteiger partial charge on any atom is 0.0267 e. The van der Waals surface area contributed by atoms with Crippen molar-refractivity contribution in [3.8, 4) is 0 Å². The van der Waals surface area contributed by atoms with Gasteiger partial charge in [-0.3, -0.25) is 9.97 Å². The second-order valence-electron chi connectivity index (χ2n) is 11.1. The van der Waals surface area contributed by atoms with Crippen LogP contribution in [0, 0.1) is 0 Å². The van der Waals surface area contributed by atoms with Gasteiger partial charge >= 0.3 is 63.0 Å². The summed E-state index contributed by atoms with van der Waals surface area (Å²) in [6.07, 6.45) is 32.7. The van der Waals surface area contributed by atoms with Crippen LogP contribution in [0.1, 0.15) is 110 Å². The molecule has 5 rings (SSSR count). The molecule has 0 amide bonds. The number of nitrogens with zero attached hydrogens (tertiary/aromatic N) is 2. The van der Waals surface area contributed by atoms with E-state index in [0.29, 0.717) is 0 Å². The third-order valence-corrected chi connectivity index (χ3v) is 14.2. The predicted octanol–water partition coefficient (Wildman–Crippen LogP) is 11.0. The van der Waals surface area contributed by atoms with Crippen molar-refractivity contribution < 1.29 is 13.5 Å². The van der Waals surface area contributed by atoms with Crippen molar-refractivity contribution >= 4 is 31.9 Å². The Morgan fingerprint density at radius 3 is 1.10 bits per heavy atom. The maximum absolute atomic E-state index is 5.53. The van der Waals surface area contributed by atoms with Crippen molar-refractivity contribution in [1.29, 1.82) is 0 Å². The van der Waals surface area contributed by atoms with E-state index < -0.39 is 13.5 Å². The average Bonchev–Trinajstić information content (AvgIpc) is 3.01. The summed E-state index contributed by atoms with van der Waals surface area (Å²) >= 11 is -1.52. The molecular weight excluding hydrogens is 627 g/mol. The van der Waals surface area contributed by atoms with Crippen LogP contribution < -0.4 is 0 Å². The number of pyridine rings is 2. The molecule has 220 valence electrons. The van der Waals surface area contributed by atoms with Gasteiger partial charge in [-0.05, 0) is 101 Å². The fourth-order valence-electron chi connectivity index (χ4n) is 6.10. The van der Waals surface area contributed by atoms with Gasteiger partial charge in [-0.15, -0.1) is 0 Å². The molecule has 0 saturated heterocycles. The molecular formula is C33H52Cl2N2PRu+. The molecule has 0 spiro atoms. The topological polar surface area (TPSA) is 25.8 Å². The summed E-state index contributed by atoms with van der Waals surface area (Å²) in [7, 11) is 11.0. The normalized spacial score (nSPS) is 18.6. The standard InChI is InChI=1S/C18H33P.2C5H5N.C5H8.2ClH.Ru/c1-4-10-16(11-5-1)19(17-12-6-2-7-13-17)18-14-8-3-9-15-18;2*1-2-4-6-5-3-1;1-4-5(2)3;;;/h16-18H,1-15H2;2*1-5H;1,4H,2-3H3;2*1H;/q;;;;;;+2/p-1. The number of aromatic nitrogens is 2. The van der Waals surface area contributed by atoms with Crippen molar-refractivity contribution in [3.05, 3.63) is 72.8 Å². The van der Waals surface area contributed by atoms with E-state index >= 15 is 0 Å². The van der Waals surface area contributed by atoms with E-state index in [1.165, 1.54) is 22.6 Å². The Labute approximate surface area is 254 Å². The van der Waals surface area contributed by atoms with Crippen molar-refractivity contribution in [1.82, 2.24) is 9.97 Å². The number of allylic oxidation sites excluding steroid dienone is 2. The summed E-state index contributed by atoms with van der Waals surface area (Å²) in [5, 5.41) is 0. The van der Waals surface area contributed by atoms with Gasteiger partial charge in [-0.1, -0.05) is 31.4 Å². The van der Waals surface area contributed by atoms with E-state index in [2.05, 4.69) is 9.97 Å². The molecule has 0 N–H and O–H groups in total. The molecule has 3 aliphatic rings. The minimum Gasteiger partial charge on any atom is -0.265 e. The Morgan fingerprint density at radius 2 is 0.923 bits per heavy atom. The molecule has 2 aromatic heterocycles. The number of hydrogen-bond acceptors (Lipinski definition) is 2. The molecule has 0 radical (unpaired) electrons. The smallest absolute Gasteiger partial charge is 0.0267 e. The van der Waals surface area contributed by atoms with Crippen molar-refractivity contribution in [3.63, 3.8) is 0 Å². The minimum absolute atomic E-state index is 0.0465. The molecule has 3 saturated carbocycles. The van der Waals surface area contributed by atoms with Crippen LogP contribution >= 0.6 is 27.3 Å². The zero-order valence-corrected chi connectivity index (χ0v) is 28.5. The molecule has 6 heteroatoms. The van der Waals surface area contributed by atoms with Crippen LogP contribution in [-0.4, -0.2) is 31.6 Å². The van der Waals surface area contributed by atoms with Gasteiger partial charge in [0.2, 0.25) is 0 Å². The van der Waals surface area contributed by atoms with Crippen LogP contribution in [0.2, 0.25) is 0 Å². The fraction of sp³-hybridized carbons (Fsp3) is 0.606. The Kier molecular flexibility index (Phi) is 20.6. The summed E-state index contributed by atoms with van der Waals surface area (Å²) in [5.74, 6) is 0. The van der Waals surface area contributed by atoms with E-state index in [9.17, 15) is 0 Å². The molecule has 0 bridgehead atoms. The molecule has 0 atom stereocenters. The van der Waals surface area contributed by atoms with Crippen LogP contribution in [0.25, 0.3) is 0 Å². The zero-order valence-electron chi connectivity index (χ0n) is 24.3. The predicted molar refractivity (Wildman–Crippen MR) is 175 cm³/mol. The third-order valence-electron chi connectivity index (χ3n) is 7.84. The van der Waals surface area contributed by atoms with E-state index in [1.807, 2.05) is 60.9 Å². The molecule has 2 aromatic rings. The van der Waals surface area contributed by atoms with E-state index in [0.717, 1.165) is 0 Å². The van der Waals surface area contributed by atoms with Gasteiger partial charge in [0, 0.05) is 32.7 Å². The Hall–Kier alpha value is -0.457. The fourth-order valence-corrected chi connectivity index (χ4v) is 12.6. The number of hydrogen-bond donors (Lipinski definition) is 0. The molecule has 39 heavy (non-hydrogen) atoms. The van der Waals surface area contributed by atoms with Gasteiger partial charge in [0.05, 0.1) is 17.0 Å². The summed E-state index contributed by atoms with van der Waals surface area (Å²) in [6, 6.07) is 11.4. The second-order valence-corrected chi connectivity index (χ2v) is 20.4. The Morgan fingerprint density at radius 1 is 0.590 bits per heavy atom. The summed E-state index contributed by atoms with van der Waals surface area (Å²) in [4.78, 5) is 7.57. The SMILES string of the molecule is C1CCC([PH+](C2CCCCC2)C2CCCCC2)CC1.CC(C)=C[CH]=[Ru]([Cl])[Cl].c1ccncc1.c1ccncc1. The average molecular weight is 680 g/mol.